The lowest BCUT2D eigenvalue weighted by molar-refractivity contribution is 0.707. The summed E-state index contributed by atoms with van der Waals surface area (Å²) in [6, 6.07) is 0. The zero-order chi connectivity index (χ0) is 13.0. The molecule has 0 fully saturated rings. The van der Waals surface area contributed by atoms with Gasteiger partial charge in [0.2, 0.25) is 0 Å². The standard InChI is InChI=1S/C11H15ClN6/c1-3-8-10(12)14-6-15-11(8)13-5-9-17-16-7-18(9)4-2/h6-7H,3-5H2,1-2H3,(H,13,14,15). The van der Waals surface area contributed by atoms with E-state index in [1.54, 1.807) is 6.33 Å². The number of aryl methyl sites for hydroxylation is 1. The SMILES string of the molecule is CCc1c(Cl)ncnc1NCc1nncn1CC. The number of aromatic nitrogens is 5. The van der Waals surface area contributed by atoms with Gasteiger partial charge in [0, 0.05) is 12.1 Å². The predicted molar refractivity (Wildman–Crippen MR) is 69.4 cm³/mol. The van der Waals surface area contributed by atoms with Crippen LogP contribution in [0.1, 0.15) is 25.2 Å². The average molecular weight is 267 g/mol. The molecule has 0 bridgehead atoms. The molecule has 0 saturated heterocycles. The van der Waals surface area contributed by atoms with Crippen molar-refractivity contribution >= 4 is 17.4 Å². The summed E-state index contributed by atoms with van der Waals surface area (Å²) in [5, 5.41) is 11.6. The Morgan fingerprint density at radius 2 is 2.17 bits per heavy atom. The number of hydrogen-bond donors (Lipinski definition) is 1. The molecule has 18 heavy (non-hydrogen) atoms. The van der Waals surface area contributed by atoms with Crippen LogP contribution in [0, 0.1) is 0 Å². The molecule has 7 heteroatoms. The van der Waals surface area contributed by atoms with Crippen molar-refractivity contribution in [1.82, 2.24) is 24.7 Å². The van der Waals surface area contributed by atoms with Gasteiger partial charge in [-0.2, -0.15) is 0 Å². The minimum absolute atomic E-state index is 0.493. The van der Waals surface area contributed by atoms with E-state index in [2.05, 4.69) is 25.5 Å². The third-order valence-corrected chi connectivity index (χ3v) is 3.02. The van der Waals surface area contributed by atoms with E-state index in [1.165, 1.54) is 6.33 Å². The number of hydrogen-bond acceptors (Lipinski definition) is 5. The van der Waals surface area contributed by atoms with Gasteiger partial charge in [0.25, 0.3) is 0 Å². The Hall–Kier alpha value is -1.69. The molecule has 0 unspecified atom stereocenters. The van der Waals surface area contributed by atoms with E-state index >= 15 is 0 Å². The van der Waals surface area contributed by atoms with Crippen molar-refractivity contribution in [2.75, 3.05) is 5.32 Å². The van der Waals surface area contributed by atoms with E-state index in [9.17, 15) is 0 Å². The van der Waals surface area contributed by atoms with E-state index in [-0.39, 0.29) is 0 Å². The fourth-order valence-electron chi connectivity index (χ4n) is 1.70. The maximum Gasteiger partial charge on any atom is 0.152 e. The van der Waals surface area contributed by atoms with Gasteiger partial charge < -0.3 is 9.88 Å². The van der Waals surface area contributed by atoms with Crippen LogP contribution in [-0.2, 0) is 19.5 Å². The molecule has 0 spiro atoms. The van der Waals surface area contributed by atoms with Crippen LogP contribution in [0.2, 0.25) is 5.15 Å². The summed E-state index contributed by atoms with van der Waals surface area (Å²) in [6.45, 7) is 5.47. The second-order valence-electron chi connectivity index (χ2n) is 3.73. The van der Waals surface area contributed by atoms with Crippen LogP contribution in [0.5, 0.6) is 0 Å². The summed E-state index contributed by atoms with van der Waals surface area (Å²) in [7, 11) is 0. The minimum atomic E-state index is 0.493. The van der Waals surface area contributed by atoms with E-state index in [1.807, 2.05) is 18.4 Å². The molecular weight excluding hydrogens is 252 g/mol. The van der Waals surface area contributed by atoms with E-state index in [0.717, 1.165) is 30.2 Å². The minimum Gasteiger partial charge on any atom is -0.362 e. The summed E-state index contributed by atoms with van der Waals surface area (Å²) >= 11 is 6.02. The third kappa shape index (κ3) is 2.59. The molecule has 0 saturated carbocycles. The molecule has 0 aliphatic rings. The molecule has 2 aromatic heterocycles. The fraction of sp³-hybridized carbons (Fsp3) is 0.455. The lowest BCUT2D eigenvalue weighted by Crippen LogP contribution is -2.10. The van der Waals surface area contributed by atoms with Gasteiger partial charge in [-0.1, -0.05) is 18.5 Å². The molecule has 0 radical (unpaired) electrons. The monoisotopic (exact) mass is 266 g/mol. The van der Waals surface area contributed by atoms with Gasteiger partial charge in [0.1, 0.15) is 23.6 Å². The highest BCUT2D eigenvalue weighted by Crippen LogP contribution is 2.20. The smallest absolute Gasteiger partial charge is 0.152 e. The first-order chi connectivity index (χ1) is 8.76. The largest absolute Gasteiger partial charge is 0.362 e. The maximum absolute atomic E-state index is 6.02. The number of nitrogens with zero attached hydrogens (tertiary/aromatic N) is 5. The molecular formula is C11H15ClN6. The van der Waals surface area contributed by atoms with Crippen LogP contribution in [0.3, 0.4) is 0 Å². The lowest BCUT2D eigenvalue weighted by atomic mass is 10.2. The van der Waals surface area contributed by atoms with Crippen LogP contribution in [-0.4, -0.2) is 24.7 Å². The van der Waals surface area contributed by atoms with Crippen LogP contribution < -0.4 is 5.32 Å². The Morgan fingerprint density at radius 3 is 2.89 bits per heavy atom. The first-order valence-corrected chi connectivity index (χ1v) is 6.24. The van der Waals surface area contributed by atoms with Gasteiger partial charge in [-0.15, -0.1) is 10.2 Å². The average Bonchev–Trinajstić information content (AvgIpc) is 2.83. The van der Waals surface area contributed by atoms with Gasteiger partial charge >= 0.3 is 0 Å². The molecule has 2 heterocycles. The van der Waals surface area contributed by atoms with Crippen LogP contribution in [0.4, 0.5) is 5.82 Å². The molecule has 0 atom stereocenters. The van der Waals surface area contributed by atoms with Crippen molar-refractivity contribution < 1.29 is 0 Å². The number of rotatable bonds is 5. The van der Waals surface area contributed by atoms with Crippen LogP contribution in [0.25, 0.3) is 0 Å². The van der Waals surface area contributed by atoms with Crippen molar-refractivity contribution in [3.63, 3.8) is 0 Å². The first-order valence-electron chi connectivity index (χ1n) is 5.86. The highest BCUT2D eigenvalue weighted by Gasteiger charge is 2.09. The summed E-state index contributed by atoms with van der Waals surface area (Å²) in [5.41, 5.74) is 0.918. The Kier molecular flexibility index (Phi) is 4.09. The highest BCUT2D eigenvalue weighted by atomic mass is 35.5. The van der Waals surface area contributed by atoms with Gasteiger partial charge in [0.15, 0.2) is 5.82 Å². The Balaban J connectivity index is 2.13. The van der Waals surface area contributed by atoms with E-state index in [0.29, 0.717) is 11.7 Å². The summed E-state index contributed by atoms with van der Waals surface area (Å²) in [6.07, 6.45) is 3.95. The first kappa shape index (κ1) is 12.8. The molecule has 0 aromatic carbocycles. The Labute approximate surface area is 110 Å². The number of halogens is 1. The van der Waals surface area contributed by atoms with Crippen molar-refractivity contribution in [3.8, 4) is 0 Å². The molecule has 96 valence electrons. The second kappa shape index (κ2) is 5.77. The van der Waals surface area contributed by atoms with Crippen molar-refractivity contribution in [1.29, 1.82) is 0 Å². The highest BCUT2D eigenvalue weighted by molar-refractivity contribution is 6.30. The third-order valence-electron chi connectivity index (χ3n) is 2.70. The Bertz CT molecular complexity index is 524. The van der Waals surface area contributed by atoms with E-state index in [4.69, 9.17) is 11.6 Å². The number of anilines is 1. The normalized spacial score (nSPS) is 10.6. The second-order valence-corrected chi connectivity index (χ2v) is 4.09. The van der Waals surface area contributed by atoms with Gasteiger partial charge in [0.05, 0.1) is 6.54 Å². The van der Waals surface area contributed by atoms with E-state index < -0.39 is 0 Å². The predicted octanol–water partition coefficient (Wildman–Crippen LogP) is 1.92. The molecule has 6 nitrogen and oxygen atoms in total. The number of nitrogens with one attached hydrogen (secondary N) is 1. The molecule has 1 N–H and O–H groups in total. The topological polar surface area (TPSA) is 68.5 Å². The van der Waals surface area contributed by atoms with Crippen LogP contribution >= 0.6 is 11.6 Å². The van der Waals surface area contributed by atoms with Gasteiger partial charge in [-0.05, 0) is 13.3 Å². The van der Waals surface area contributed by atoms with Crippen molar-refractivity contribution in [2.24, 2.45) is 0 Å². The molecule has 0 aliphatic carbocycles. The van der Waals surface area contributed by atoms with Crippen molar-refractivity contribution in [3.05, 3.63) is 29.2 Å². The molecule has 0 aliphatic heterocycles. The molecule has 0 amide bonds. The zero-order valence-corrected chi connectivity index (χ0v) is 11.1. The lowest BCUT2D eigenvalue weighted by Gasteiger charge is -2.10. The fourth-order valence-corrected chi connectivity index (χ4v) is 1.97. The zero-order valence-electron chi connectivity index (χ0n) is 10.4. The quantitative estimate of drug-likeness (QED) is 0.838. The van der Waals surface area contributed by atoms with Crippen molar-refractivity contribution in [2.45, 2.75) is 33.4 Å². The van der Waals surface area contributed by atoms with Gasteiger partial charge in [-0.3, -0.25) is 0 Å². The molecule has 2 aromatic rings. The summed E-state index contributed by atoms with van der Waals surface area (Å²) in [4.78, 5) is 8.17. The van der Waals surface area contributed by atoms with Gasteiger partial charge in [-0.25, -0.2) is 9.97 Å². The summed E-state index contributed by atoms with van der Waals surface area (Å²) in [5.74, 6) is 1.62. The maximum atomic E-state index is 6.02. The Morgan fingerprint density at radius 1 is 1.33 bits per heavy atom. The molecule has 2 rings (SSSR count). The summed E-state index contributed by atoms with van der Waals surface area (Å²) < 4.78 is 1.97. The van der Waals surface area contributed by atoms with Crippen LogP contribution in [0.15, 0.2) is 12.7 Å².